The van der Waals surface area contributed by atoms with Crippen LogP contribution < -0.4 is 0 Å². The summed E-state index contributed by atoms with van der Waals surface area (Å²) in [6.45, 7) is 5.49. The molecule has 0 aromatic carbocycles. The number of nitrogens with zero attached hydrogens (tertiary/aromatic N) is 2. The van der Waals surface area contributed by atoms with Gasteiger partial charge in [-0.2, -0.15) is 0 Å². The maximum absolute atomic E-state index is 12.0. The number of carbonyl (C=O) groups is 2. The van der Waals surface area contributed by atoms with Crippen LogP contribution in [0.15, 0.2) is 24.3 Å². The van der Waals surface area contributed by atoms with E-state index in [9.17, 15) is 35.5 Å². The normalized spacial score (nSPS) is 11.8. The Balaban J connectivity index is -0.00000120. The van der Waals surface area contributed by atoms with Gasteiger partial charge in [0.2, 0.25) is 11.8 Å². The largest absolute Gasteiger partial charge is 2.00 e. The van der Waals surface area contributed by atoms with Gasteiger partial charge < -0.3 is 18.9 Å². The molecule has 0 rings (SSSR count). The molecule has 67 heavy (non-hydrogen) atoms. The Morgan fingerprint density at radius 1 is 0.358 bits per heavy atom. The molecule has 0 bridgehead atoms. The van der Waals surface area contributed by atoms with Gasteiger partial charge in [0.15, 0.2) is 0 Å². The molecule has 0 aliphatic rings. The first-order valence-corrected chi connectivity index (χ1v) is 30.6. The molecule has 10 nitrogen and oxygen atoms in total. The number of rotatable bonds is 48. The SMILES string of the molecule is CCCCCCCCCCCCCCCCCCC/C=C/C(=O)N(C)CCCCS(=O)(=O)[O-].CCCCCCCCCCCCCCCCCCC/C=C/C(=O)N(C)CCCCS(=O)(=O)[O-].[Ca+2]. The second-order valence-electron chi connectivity index (χ2n) is 19.2. The standard InChI is InChI=1S/2C27H53NO4S.Ca/c2*1-3-4-5-6-7-8-9-10-11-12-13-14-15-16-17-18-19-20-21-24-27(29)28(2)25-22-23-26-33(30,31)32;/h2*21,24H,3-20,22-23,25-26H2,1-2H3,(H,30,31,32);/q;;+2/p-2/b2*24-21+;. The Morgan fingerprint density at radius 3 is 0.776 bits per heavy atom. The molecule has 0 heterocycles. The topological polar surface area (TPSA) is 155 Å². The van der Waals surface area contributed by atoms with Gasteiger partial charge in [0.05, 0.1) is 20.2 Å². The third kappa shape index (κ3) is 61.6. The van der Waals surface area contributed by atoms with E-state index in [1.54, 1.807) is 36.0 Å². The Hall–Kier alpha value is -0.500. The third-order valence-corrected chi connectivity index (χ3v) is 14.1. The van der Waals surface area contributed by atoms with Gasteiger partial charge >= 0.3 is 37.7 Å². The van der Waals surface area contributed by atoms with Crippen LogP contribution >= 0.6 is 0 Å². The van der Waals surface area contributed by atoms with E-state index in [-0.39, 0.29) is 61.1 Å². The van der Waals surface area contributed by atoms with Crippen LogP contribution in [0.4, 0.5) is 0 Å². The summed E-state index contributed by atoms with van der Waals surface area (Å²) in [4.78, 5) is 27.1. The van der Waals surface area contributed by atoms with E-state index in [0.717, 1.165) is 25.7 Å². The van der Waals surface area contributed by atoms with E-state index >= 15 is 0 Å². The first kappa shape index (κ1) is 70.8. The summed E-state index contributed by atoms with van der Waals surface area (Å²) in [5.41, 5.74) is 0. The Kier molecular flexibility index (Phi) is 56.3. The number of allylic oxidation sites excluding steroid dienone is 2. The monoisotopic (exact) mass is 1010 g/mol. The van der Waals surface area contributed by atoms with Crippen molar-refractivity contribution in [3.05, 3.63) is 24.3 Å². The summed E-state index contributed by atoms with van der Waals surface area (Å²) in [6, 6.07) is 0. The molecule has 2 amide bonds. The smallest absolute Gasteiger partial charge is 0.748 e. The number of hydrogen-bond acceptors (Lipinski definition) is 8. The molecule has 0 unspecified atom stereocenters. The van der Waals surface area contributed by atoms with Crippen molar-refractivity contribution in [3.63, 3.8) is 0 Å². The second kappa shape index (κ2) is 53.3. The maximum atomic E-state index is 12.0. The van der Waals surface area contributed by atoms with Gasteiger partial charge in [0.25, 0.3) is 0 Å². The quantitative estimate of drug-likeness (QED) is 0.0252. The summed E-state index contributed by atoms with van der Waals surface area (Å²) < 4.78 is 63.4. The fraction of sp³-hybridized carbons (Fsp3) is 0.889. The zero-order chi connectivity index (χ0) is 49.3. The molecule has 0 saturated heterocycles. The minimum absolute atomic E-state index is 0. The van der Waals surface area contributed by atoms with Crippen LogP contribution in [0.2, 0.25) is 0 Å². The average Bonchev–Trinajstić information content (AvgIpc) is 3.27. The Bertz CT molecular complexity index is 1260. The number of unbranched alkanes of at least 4 members (excludes halogenated alkanes) is 36. The molecule has 0 N–H and O–H groups in total. The van der Waals surface area contributed by atoms with Gasteiger partial charge in [-0.05, 0) is 63.5 Å². The molecule has 13 heteroatoms. The molecule has 0 fully saturated rings. The molecule has 0 atom stereocenters. The van der Waals surface area contributed by atoms with Crippen molar-refractivity contribution < 1.29 is 35.5 Å². The molecular weight excluding hydrogens is 909 g/mol. The second-order valence-corrected chi connectivity index (χ2v) is 22.2. The zero-order valence-corrected chi connectivity index (χ0v) is 47.9. The van der Waals surface area contributed by atoms with Crippen molar-refractivity contribution in [2.45, 2.75) is 271 Å². The third-order valence-electron chi connectivity index (χ3n) is 12.5. The number of amides is 2. The first-order valence-electron chi connectivity index (χ1n) is 27.4. The average molecular weight is 1010 g/mol. The molecule has 0 aliphatic heterocycles. The van der Waals surface area contributed by atoms with E-state index in [4.69, 9.17) is 0 Å². The Morgan fingerprint density at radius 2 is 0.567 bits per heavy atom. The van der Waals surface area contributed by atoms with Crippen molar-refractivity contribution in [3.8, 4) is 0 Å². The number of hydrogen-bond donors (Lipinski definition) is 0. The minimum atomic E-state index is -4.15. The summed E-state index contributed by atoms with van der Waals surface area (Å²) in [6.07, 6.45) is 57.0. The van der Waals surface area contributed by atoms with E-state index in [1.807, 2.05) is 12.2 Å². The molecule has 0 aliphatic carbocycles. The van der Waals surface area contributed by atoms with Gasteiger partial charge in [0, 0.05) is 38.7 Å². The molecule has 392 valence electrons. The van der Waals surface area contributed by atoms with Crippen molar-refractivity contribution in [2.24, 2.45) is 0 Å². The van der Waals surface area contributed by atoms with E-state index in [0.29, 0.717) is 38.8 Å². The molecule has 0 spiro atoms. The van der Waals surface area contributed by atoms with Crippen LogP contribution in [0.5, 0.6) is 0 Å². The van der Waals surface area contributed by atoms with Crippen LogP contribution in [0, 0.1) is 0 Å². The minimum Gasteiger partial charge on any atom is -0.748 e. The van der Waals surface area contributed by atoms with Crippen LogP contribution in [-0.2, 0) is 29.8 Å². The van der Waals surface area contributed by atoms with Crippen LogP contribution in [0.1, 0.15) is 271 Å². The predicted octanol–water partition coefficient (Wildman–Crippen LogP) is 14.4. The van der Waals surface area contributed by atoms with Crippen molar-refractivity contribution in [2.75, 3.05) is 38.7 Å². The van der Waals surface area contributed by atoms with E-state index in [1.165, 1.54) is 205 Å². The van der Waals surface area contributed by atoms with E-state index in [2.05, 4.69) is 13.8 Å². The van der Waals surface area contributed by atoms with Gasteiger partial charge in [-0.25, -0.2) is 16.8 Å². The van der Waals surface area contributed by atoms with Gasteiger partial charge in [-0.15, -0.1) is 0 Å². The molecule has 0 radical (unpaired) electrons. The fourth-order valence-electron chi connectivity index (χ4n) is 8.07. The molecule has 0 aromatic heterocycles. The summed E-state index contributed by atoms with van der Waals surface area (Å²) in [5, 5.41) is 0. The molecular formula is C54H104CaN2O8S2. The predicted molar refractivity (Wildman–Crippen MR) is 284 cm³/mol. The van der Waals surface area contributed by atoms with Crippen molar-refractivity contribution in [1.82, 2.24) is 9.80 Å². The zero-order valence-electron chi connectivity index (χ0n) is 44.1. The van der Waals surface area contributed by atoms with Crippen LogP contribution in [-0.4, -0.2) is 124 Å². The molecule has 0 aromatic rings. The van der Waals surface area contributed by atoms with Gasteiger partial charge in [0.1, 0.15) is 0 Å². The van der Waals surface area contributed by atoms with Crippen LogP contribution in [0.25, 0.3) is 0 Å². The van der Waals surface area contributed by atoms with Gasteiger partial charge in [-0.3, -0.25) is 9.59 Å². The summed E-state index contributed by atoms with van der Waals surface area (Å²) in [5.74, 6) is -0.840. The number of carbonyl (C=O) groups excluding carboxylic acids is 2. The first-order chi connectivity index (χ1) is 31.7. The van der Waals surface area contributed by atoms with Crippen molar-refractivity contribution in [1.29, 1.82) is 0 Å². The van der Waals surface area contributed by atoms with Crippen LogP contribution in [0.3, 0.4) is 0 Å². The molecule has 0 saturated carbocycles. The van der Waals surface area contributed by atoms with Crippen molar-refractivity contribution >= 4 is 69.8 Å². The summed E-state index contributed by atoms with van der Waals surface area (Å²) in [7, 11) is -4.90. The fourth-order valence-corrected chi connectivity index (χ4v) is 9.19. The van der Waals surface area contributed by atoms with Gasteiger partial charge in [-0.1, -0.05) is 231 Å². The Labute approximate surface area is 445 Å². The summed E-state index contributed by atoms with van der Waals surface area (Å²) >= 11 is 0. The van der Waals surface area contributed by atoms with E-state index < -0.39 is 20.2 Å². The maximum Gasteiger partial charge on any atom is 2.00 e. The number of likely N-dealkylation sites (N-methyl/N-ethyl adjacent to an activating group) is 2.